The van der Waals surface area contributed by atoms with Gasteiger partial charge in [-0.2, -0.15) is 4.58 Å². The van der Waals surface area contributed by atoms with Gasteiger partial charge >= 0.3 is 6.40 Å². The molecule has 0 bridgehead atoms. The molecule has 16 heavy (non-hydrogen) atoms. The fourth-order valence-corrected chi connectivity index (χ4v) is 1.65. The highest BCUT2D eigenvalue weighted by Gasteiger charge is 2.10. The van der Waals surface area contributed by atoms with Crippen LogP contribution in [0.2, 0.25) is 0 Å². The Kier molecular flexibility index (Phi) is 8.90. The van der Waals surface area contributed by atoms with Gasteiger partial charge in [-0.3, -0.25) is 0 Å². The van der Waals surface area contributed by atoms with E-state index in [1.807, 2.05) is 11.6 Å². The van der Waals surface area contributed by atoms with Gasteiger partial charge in [0, 0.05) is 0 Å². The van der Waals surface area contributed by atoms with E-state index in [1.165, 1.54) is 0 Å². The second kappa shape index (κ2) is 9.39. The van der Waals surface area contributed by atoms with Crippen molar-refractivity contribution in [3.05, 3.63) is 0 Å². The molecule has 0 aliphatic heterocycles. The molecule has 0 aliphatic rings. The molecule has 0 fully saturated rings. The molecule has 0 rings (SSSR count). The van der Waals surface area contributed by atoms with Gasteiger partial charge in [-0.15, -0.1) is 0 Å². The minimum atomic E-state index is 0.926. The molecule has 0 aromatic carbocycles. The van der Waals surface area contributed by atoms with Crippen LogP contribution in [0.4, 0.5) is 0 Å². The Bertz CT molecular complexity index is 274. The van der Waals surface area contributed by atoms with Crippen molar-refractivity contribution in [2.24, 2.45) is 0 Å². The van der Waals surface area contributed by atoms with Crippen molar-refractivity contribution in [2.75, 3.05) is 53.6 Å². The molecular formula is C11H24N3OS+3. The number of thioether (sulfide) groups is 1. The van der Waals surface area contributed by atoms with E-state index in [1.54, 1.807) is 25.3 Å². The second-order valence-electron chi connectivity index (χ2n) is 3.78. The van der Waals surface area contributed by atoms with Crippen LogP contribution in [0.25, 0.3) is 0 Å². The highest BCUT2D eigenvalue weighted by molar-refractivity contribution is 8.11. The number of methoxy groups -OCH3 is 1. The van der Waals surface area contributed by atoms with Crippen LogP contribution < -0.4 is 0 Å². The molecule has 0 unspecified atom stereocenters. The zero-order valence-electron chi connectivity index (χ0n) is 10.8. The number of rotatable bonds is 8. The molecule has 0 aromatic heterocycles. The monoisotopic (exact) mass is 246 g/mol. The normalized spacial score (nSPS) is 12.8. The van der Waals surface area contributed by atoms with Gasteiger partial charge in [0.1, 0.15) is 20.8 Å². The molecule has 92 valence electrons. The van der Waals surface area contributed by atoms with Crippen molar-refractivity contribution >= 4 is 30.4 Å². The fourth-order valence-electron chi connectivity index (χ4n) is 1.18. The molecule has 0 amide bonds. The van der Waals surface area contributed by atoms with Crippen LogP contribution in [0.3, 0.4) is 0 Å². The van der Waals surface area contributed by atoms with E-state index in [4.69, 9.17) is 4.74 Å². The Morgan fingerprint density at radius 1 is 1.19 bits per heavy atom. The lowest BCUT2D eigenvalue weighted by Gasteiger charge is -2.00. The van der Waals surface area contributed by atoms with Gasteiger partial charge in [0.2, 0.25) is 19.6 Å². The van der Waals surface area contributed by atoms with Crippen LogP contribution in [0.15, 0.2) is 0 Å². The summed E-state index contributed by atoms with van der Waals surface area (Å²) in [6.07, 6.45) is 3.84. The first-order valence-corrected chi connectivity index (χ1v) is 6.57. The quantitative estimate of drug-likeness (QED) is 0.342. The Morgan fingerprint density at radius 3 is 2.31 bits per heavy atom. The van der Waals surface area contributed by atoms with Crippen molar-refractivity contribution in [1.29, 1.82) is 0 Å². The maximum atomic E-state index is 5.06. The first-order valence-electron chi connectivity index (χ1n) is 5.28. The SMILES string of the molecule is C=[N+](C)CC[N+](=COC)CC[N+](C)=CSC. The molecule has 0 N–H and O–H groups in total. The zero-order valence-corrected chi connectivity index (χ0v) is 11.7. The number of likely N-dealkylation sites (N-methyl/N-ethyl adjacent to an activating group) is 2. The lowest BCUT2D eigenvalue weighted by atomic mass is 10.5. The molecular weight excluding hydrogens is 222 g/mol. The van der Waals surface area contributed by atoms with Crippen molar-refractivity contribution in [1.82, 2.24) is 0 Å². The summed E-state index contributed by atoms with van der Waals surface area (Å²) < 4.78 is 11.3. The summed E-state index contributed by atoms with van der Waals surface area (Å²) in [4.78, 5) is 0. The minimum Gasteiger partial charge on any atom is -0.454 e. The molecule has 0 saturated heterocycles. The number of ether oxygens (including phenoxy) is 1. The molecule has 0 atom stereocenters. The van der Waals surface area contributed by atoms with Crippen molar-refractivity contribution in [3.8, 4) is 0 Å². The largest absolute Gasteiger partial charge is 0.454 e. The molecule has 0 aliphatic carbocycles. The van der Waals surface area contributed by atoms with E-state index in [9.17, 15) is 0 Å². The van der Waals surface area contributed by atoms with Gasteiger partial charge in [0.15, 0.2) is 12.1 Å². The topological polar surface area (TPSA) is 18.3 Å². The van der Waals surface area contributed by atoms with Crippen LogP contribution in [-0.4, -0.2) is 86.0 Å². The summed E-state index contributed by atoms with van der Waals surface area (Å²) in [7, 11) is 5.73. The van der Waals surface area contributed by atoms with E-state index < -0.39 is 0 Å². The Hall–Kier alpha value is -0.840. The van der Waals surface area contributed by atoms with E-state index in [2.05, 4.69) is 34.7 Å². The summed E-state index contributed by atoms with van der Waals surface area (Å²) in [5.41, 5.74) is 2.11. The van der Waals surface area contributed by atoms with Crippen molar-refractivity contribution < 1.29 is 18.5 Å². The lowest BCUT2D eigenvalue weighted by Crippen LogP contribution is -2.28. The maximum absolute atomic E-state index is 5.06. The maximum Gasteiger partial charge on any atom is 0.323 e. The second-order valence-corrected chi connectivity index (χ2v) is 4.46. The van der Waals surface area contributed by atoms with E-state index in [-0.39, 0.29) is 0 Å². The van der Waals surface area contributed by atoms with Gasteiger partial charge < -0.3 is 4.74 Å². The minimum absolute atomic E-state index is 0.926. The summed E-state index contributed by atoms with van der Waals surface area (Å²) in [5.74, 6) is 0. The van der Waals surface area contributed by atoms with Gasteiger partial charge in [-0.25, -0.2) is 9.15 Å². The van der Waals surface area contributed by atoms with Gasteiger partial charge in [0.05, 0.1) is 7.11 Å². The van der Waals surface area contributed by atoms with Crippen molar-refractivity contribution in [3.63, 3.8) is 0 Å². The Morgan fingerprint density at radius 2 is 1.81 bits per heavy atom. The summed E-state index contributed by atoms with van der Waals surface area (Å²) in [6, 6.07) is 0. The van der Waals surface area contributed by atoms with Gasteiger partial charge in [-0.1, -0.05) is 11.8 Å². The van der Waals surface area contributed by atoms with Gasteiger partial charge in [0.25, 0.3) is 0 Å². The average Bonchev–Trinajstić information content (AvgIpc) is 2.22. The summed E-state index contributed by atoms with van der Waals surface area (Å²) in [6.45, 7) is 7.63. The van der Waals surface area contributed by atoms with Crippen LogP contribution in [0.1, 0.15) is 0 Å². The number of hydrogen-bond acceptors (Lipinski definition) is 2. The Labute approximate surface area is 103 Å². The van der Waals surface area contributed by atoms with Crippen LogP contribution >= 0.6 is 11.8 Å². The highest BCUT2D eigenvalue weighted by atomic mass is 32.2. The van der Waals surface area contributed by atoms with E-state index >= 15 is 0 Å². The van der Waals surface area contributed by atoms with E-state index in [0.29, 0.717) is 0 Å². The molecule has 0 radical (unpaired) electrons. The average molecular weight is 246 g/mol. The lowest BCUT2D eigenvalue weighted by molar-refractivity contribution is -0.611. The first kappa shape index (κ1) is 15.2. The zero-order chi connectivity index (χ0) is 12.4. The first-order chi connectivity index (χ1) is 7.60. The standard InChI is InChI=1S/C11H24N3OS/c1-12(2)6-8-14(10-15-4)9-7-13(3)11-16-5/h10-11H,1,6-9H2,2-5H3/q+3. The van der Waals surface area contributed by atoms with Crippen molar-refractivity contribution in [2.45, 2.75) is 0 Å². The van der Waals surface area contributed by atoms with Crippen LogP contribution in [0, 0.1) is 0 Å². The predicted octanol–water partition coefficient (Wildman–Crippen LogP) is 0.0501. The molecule has 0 spiro atoms. The molecule has 0 heterocycles. The third-order valence-corrected chi connectivity index (χ3v) is 2.62. The van der Waals surface area contributed by atoms with Crippen LogP contribution in [-0.2, 0) is 4.74 Å². The van der Waals surface area contributed by atoms with E-state index in [0.717, 1.165) is 26.2 Å². The smallest absolute Gasteiger partial charge is 0.323 e. The highest BCUT2D eigenvalue weighted by Crippen LogP contribution is 1.84. The molecule has 4 nitrogen and oxygen atoms in total. The third kappa shape index (κ3) is 8.47. The molecule has 0 aromatic rings. The third-order valence-electron chi connectivity index (χ3n) is 2.05. The van der Waals surface area contributed by atoms with Crippen LogP contribution in [0.5, 0.6) is 0 Å². The molecule has 0 saturated carbocycles. The predicted molar refractivity (Wildman–Crippen MR) is 71.9 cm³/mol. The summed E-state index contributed by atoms with van der Waals surface area (Å²) in [5, 5.41) is 0. The summed E-state index contributed by atoms with van der Waals surface area (Å²) >= 11 is 1.72. The Balaban J connectivity index is 4.09. The number of hydrogen-bond donors (Lipinski definition) is 0. The fraction of sp³-hybridized carbons (Fsp3) is 0.727. The van der Waals surface area contributed by atoms with Gasteiger partial charge in [-0.05, 0) is 6.26 Å². The number of nitrogens with zero attached hydrogens (tertiary/aromatic N) is 3. The molecule has 5 heteroatoms.